The van der Waals surface area contributed by atoms with Gasteiger partial charge in [0, 0.05) is 37.8 Å². The lowest BCUT2D eigenvalue weighted by Crippen LogP contribution is -2.31. The molecule has 23 heavy (non-hydrogen) atoms. The third-order valence-electron chi connectivity index (χ3n) is 4.08. The van der Waals surface area contributed by atoms with E-state index < -0.39 is 0 Å². The fourth-order valence-corrected chi connectivity index (χ4v) is 2.92. The fourth-order valence-electron chi connectivity index (χ4n) is 2.92. The number of hydrogen-bond acceptors (Lipinski definition) is 4. The monoisotopic (exact) mass is 314 g/mol. The number of amides is 1. The van der Waals surface area contributed by atoms with E-state index in [1.807, 2.05) is 41.6 Å². The molecule has 1 saturated heterocycles. The summed E-state index contributed by atoms with van der Waals surface area (Å²) >= 11 is 0. The van der Waals surface area contributed by atoms with Gasteiger partial charge in [-0.1, -0.05) is 0 Å². The molecular formula is C17H22N4O2. The summed E-state index contributed by atoms with van der Waals surface area (Å²) in [5.74, 6) is 0.921. The van der Waals surface area contributed by atoms with Crippen LogP contribution < -0.4 is 4.74 Å². The Labute approximate surface area is 136 Å². The van der Waals surface area contributed by atoms with Crippen molar-refractivity contribution in [2.24, 2.45) is 0 Å². The van der Waals surface area contributed by atoms with Crippen LogP contribution in [0.5, 0.6) is 5.75 Å². The largest absolute Gasteiger partial charge is 0.487 e. The van der Waals surface area contributed by atoms with E-state index in [-0.39, 0.29) is 12.0 Å². The molecule has 1 unspecified atom stereocenters. The molecule has 1 aliphatic rings. The van der Waals surface area contributed by atoms with Crippen LogP contribution in [-0.4, -0.2) is 44.8 Å². The second-order valence-corrected chi connectivity index (χ2v) is 5.96. The highest BCUT2D eigenvalue weighted by Gasteiger charge is 2.27. The number of aromatic nitrogens is 3. The van der Waals surface area contributed by atoms with Gasteiger partial charge in [0.05, 0.1) is 18.4 Å². The van der Waals surface area contributed by atoms with E-state index >= 15 is 0 Å². The topological polar surface area (TPSA) is 60.2 Å². The Bertz CT molecular complexity index is 668. The van der Waals surface area contributed by atoms with Gasteiger partial charge >= 0.3 is 0 Å². The average Bonchev–Trinajstić information content (AvgIpc) is 3.12. The maximum atomic E-state index is 12.4. The zero-order valence-corrected chi connectivity index (χ0v) is 13.6. The van der Waals surface area contributed by atoms with Gasteiger partial charge in [-0.2, -0.15) is 5.10 Å². The second-order valence-electron chi connectivity index (χ2n) is 5.96. The Balaban J connectivity index is 1.48. The molecule has 0 spiro atoms. The van der Waals surface area contributed by atoms with Gasteiger partial charge in [0.15, 0.2) is 0 Å². The van der Waals surface area contributed by atoms with Crippen LogP contribution >= 0.6 is 0 Å². The van der Waals surface area contributed by atoms with Crippen LogP contribution in [0, 0.1) is 13.8 Å². The SMILES string of the molecule is Cc1cc(C)n(CCC(=O)N2CCC(Oc3cccnc3)C2)n1. The zero-order valence-electron chi connectivity index (χ0n) is 13.6. The summed E-state index contributed by atoms with van der Waals surface area (Å²) < 4.78 is 7.76. The number of carbonyl (C=O) groups is 1. The van der Waals surface area contributed by atoms with Gasteiger partial charge in [-0.25, -0.2) is 0 Å². The number of ether oxygens (including phenoxy) is 1. The fraction of sp³-hybridized carbons (Fsp3) is 0.471. The molecule has 1 atom stereocenters. The summed E-state index contributed by atoms with van der Waals surface area (Å²) in [4.78, 5) is 18.3. The lowest BCUT2D eigenvalue weighted by atomic mass is 10.3. The summed E-state index contributed by atoms with van der Waals surface area (Å²) in [6, 6.07) is 5.76. The number of nitrogens with zero attached hydrogens (tertiary/aromatic N) is 4. The summed E-state index contributed by atoms with van der Waals surface area (Å²) in [7, 11) is 0. The van der Waals surface area contributed by atoms with Crippen LogP contribution in [0.3, 0.4) is 0 Å². The molecule has 2 aromatic rings. The average molecular weight is 314 g/mol. The third-order valence-corrected chi connectivity index (χ3v) is 4.08. The van der Waals surface area contributed by atoms with Crippen molar-refractivity contribution in [3.63, 3.8) is 0 Å². The van der Waals surface area contributed by atoms with Crippen molar-refractivity contribution < 1.29 is 9.53 Å². The smallest absolute Gasteiger partial charge is 0.224 e. The van der Waals surface area contributed by atoms with Crippen LogP contribution in [0.15, 0.2) is 30.6 Å². The third kappa shape index (κ3) is 3.88. The summed E-state index contributed by atoms with van der Waals surface area (Å²) in [6.07, 6.45) is 4.81. The highest BCUT2D eigenvalue weighted by Crippen LogP contribution is 2.18. The lowest BCUT2D eigenvalue weighted by Gasteiger charge is -2.17. The molecule has 6 nitrogen and oxygen atoms in total. The van der Waals surface area contributed by atoms with E-state index in [1.165, 1.54) is 0 Å². The molecule has 3 heterocycles. The Morgan fingerprint density at radius 3 is 3.00 bits per heavy atom. The molecular weight excluding hydrogens is 292 g/mol. The number of pyridine rings is 1. The van der Waals surface area contributed by atoms with E-state index in [0.29, 0.717) is 19.5 Å². The van der Waals surface area contributed by atoms with Gasteiger partial charge in [0.25, 0.3) is 0 Å². The van der Waals surface area contributed by atoms with Gasteiger partial charge < -0.3 is 9.64 Å². The standard InChI is InChI=1S/C17H22N4O2/c1-13-10-14(2)21(19-13)9-6-17(22)20-8-5-16(12-20)23-15-4-3-7-18-11-15/h3-4,7,10-11,16H,5-6,8-9,12H2,1-2H3. The minimum absolute atomic E-state index is 0.0526. The van der Waals surface area contributed by atoms with Crippen molar-refractivity contribution in [1.82, 2.24) is 19.7 Å². The first-order valence-electron chi connectivity index (χ1n) is 7.97. The van der Waals surface area contributed by atoms with Gasteiger partial charge in [0.1, 0.15) is 11.9 Å². The molecule has 0 bridgehead atoms. The number of hydrogen-bond donors (Lipinski definition) is 0. The van der Waals surface area contributed by atoms with Gasteiger partial charge in [-0.05, 0) is 32.0 Å². The van der Waals surface area contributed by atoms with Gasteiger partial charge in [-0.3, -0.25) is 14.5 Å². The molecule has 0 saturated carbocycles. The molecule has 1 fully saturated rings. The van der Waals surface area contributed by atoms with E-state index in [2.05, 4.69) is 10.1 Å². The lowest BCUT2D eigenvalue weighted by molar-refractivity contribution is -0.130. The number of rotatable bonds is 5. The van der Waals surface area contributed by atoms with Gasteiger partial charge in [-0.15, -0.1) is 0 Å². The maximum Gasteiger partial charge on any atom is 0.224 e. The first-order valence-corrected chi connectivity index (χ1v) is 7.97. The second kappa shape index (κ2) is 6.81. The van der Waals surface area contributed by atoms with E-state index in [4.69, 9.17) is 4.74 Å². The van der Waals surface area contributed by atoms with Crippen LogP contribution in [-0.2, 0) is 11.3 Å². The minimum atomic E-state index is 0.0526. The molecule has 0 aromatic carbocycles. The van der Waals surface area contributed by atoms with Crippen LogP contribution in [0.1, 0.15) is 24.2 Å². The summed E-state index contributed by atoms with van der Waals surface area (Å²) in [5, 5.41) is 4.39. The van der Waals surface area contributed by atoms with E-state index in [9.17, 15) is 4.79 Å². The first-order chi connectivity index (χ1) is 11.1. The molecule has 0 radical (unpaired) electrons. The number of carbonyl (C=O) groups excluding carboxylic acids is 1. The Morgan fingerprint density at radius 2 is 2.30 bits per heavy atom. The zero-order chi connectivity index (χ0) is 16.2. The van der Waals surface area contributed by atoms with Crippen molar-refractivity contribution in [3.8, 4) is 5.75 Å². The molecule has 122 valence electrons. The van der Waals surface area contributed by atoms with Crippen LogP contribution in [0.2, 0.25) is 0 Å². The Morgan fingerprint density at radius 1 is 1.43 bits per heavy atom. The van der Waals surface area contributed by atoms with Crippen molar-refractivity contribution in [2.45, 2.75) is 39.3 Å². The predicted octanol–water partition coefficient (Wildman–Crippen LogP) is 1.96. The highest BCUT2D eigenvalue weighted by atomic mass is 16.5. The Hall–Kier alpha value is -2.37. The number of likely N-dealkylation sites (tertiary alicyclic amines) is 1. The maximum absolute atomic E-state index is 12.4. The summed E-state index contributed by atoms with van der Waals surface area (Å²) in [5.41, 5.74) is 2.08. The molecule has 6 heteroatoms. The van der Waals surface area contributed by atoms with Gasteiger partial charge in [0.2, 0.25) is 5.91 Å². The van der Waals surface area contributed by atoms with Crippen molar-refractivity contribution in [1.29, 1.82) is 0 Å². The highest BCUT2D eigenvalue weighted by molar-refractivity contribution is 5.76. The van der Waals surface area contributed by atoms with Crippen LogP contribution in [0.25, 0.3) is 0 Å². The molecule has 0 aliphatic carbocycles. The van der Waals surface area contributed by atoms with Crippen molar-refractivity contribution in [3.05, 3.63) is 42.0 Å². The first kappa shape index (κ1) is 15.5. The normalized spacial score (nSPS) is 17.5. The summed E-state index contributed by atoms with van der Waals surface area (Å²) in [6.45, 7) is 6.00. The van der Waals surface area contributed by atoms with E-state index in [0.717, 1.165) is 30.1 Å². The molecule has 0 N–H and O–H groups in total. The van der Waals surface area contributed by atoms with Crippen LogP contribution in [0.4, 0.5) is 0 Å². The minimum Gasteiger partial charge on any atom is -0.487 e. The predicted molar refractivity (Wildman–Crippen MR) is 86.2 cm³/mol. The Kier molecular flexibility index (Phi) is 4.60. The molecule has 2 aromatic heterocycles. The van der Waals surface area contributed by atoms with Crippen molar-refractivity contribution >= 4 is 5.91 Å². The number of aryl methyl sites for hydroxylation is 3. The quantitative estimate of drug-likeness (QED) is 0.846. The molecule has 1 amide bonds. The molecule has 1 aliphatic heterocycles. The van der Waals surface area contributed by atoms with E-state index in [1.54, 1.807) is 12.4 Å². The van der Waals surface area contributed by atoms with Crippen molar-refractivity contribution in [2.75, 3.05) is 13.1 Å². The molecule has 3 rings (SSSR count).